The number of hydrogen-bond donors (Lipinski definition) is 2. The lowest BCUT2D eigenvalue weighted by molar-refractivity contribution is 0.890. The number of nitrogens with one attached hydrogen (secondary N) is 2. The van der Waals surface area contributed by atoms with Crippen molar-refractivity contribution in [2.75, 3.05) is 23.7 Å². The van der Waals surface area contributed by atoms with Crippen LogP contribution < -0.4 is 10.6 Å². The van der Waals surface area contributed by atoms with E-state index in [1.54, 1.807) is 0 Å². The molecule has 2 N–H and O–H groups in total. The maximum absolute atomic E-state index is 4.20. The first-order valence-electron chi connectivity index (χ1n) is 6.39. The first kappa shape index (κ1) is 14.0. The Hall–Kier alpha value is -2.38. The van der Waals surface area contributed by atoms with Gasteiger partial charge in [0.15, 0.2) is 0 Å². The molecule has 0 saturated carbocycles. The summed E-state index contributed by atoms with van der Waals surface area (Å²) in [6.45, 7) is 8.69. The highest BCUT2D eigenvalue weighted by Crippen LogP contribution is 2.01. The van der Waals surface area contributed by atoms with Crippen molar-refractivity contribution in [3.05, 3.63) is 23.3 Å². The van der Waals surface area contributed by atoms with E-state index < -0.39 is 0 Å². The molecule has 0 saturated heterocycles. The van der Waals surface area contributed by atoms with Crippen LogP contribution in [-0.4, -0.2) is 43.0 Å². The highest BCUT2D eigenvalue weighted by molar-refractivity contribution is 5.27. The number of rotatable bonds is 5. The van der Waals surface area contributed by atoms with Crippen LogP contribution in [0.25, 0.3) is 0 Å². The maximum Gasteiger partial charge on any atom is 0.226 e. The number of anilines is 2. The van der Waals surface area contributed by atoms with Gasteiger partial charge in [-0.15, -0.1) is 0 Å². The van der Waals surface area contributed by atoms with Gasteiger partial charge in [-0.05, 0) is 27.7 Å². The number of aryl methyl sites for hydroxylation is 4. The molecule has 0 unspecified atom stereocenters. The van der Waals surface area contributed by atoms with Gasteiger partial charge in [0, 0.05) is 13.1 Å². The molecule has 2 rings (SSSR count). The second-order valence-corrected chi connectivity index (χ2v) is 4.36. The maximum atomic E-state index is 4.20. The molecular weight excluding hydrogens is 256 g/mol. The van der Waals surface area contributed by atoms with Crippen LogP contribution in [0.1, 0.15) is 23.3 Å². The van der Waals surface area contributed by atoms with Crippen LogP contribution in [0.2, 0.25) is 0 Å². The second kappa shape index (κ2) is 6.18. The molecule has 0 aliphatic carbocycles. The zero-order valence-electron chi connectivity index (χ0n) is 12.1. The van der Waals surface area contributed by atoms with Crippen molar-refractivity contribution in [1.82, 2.24) is 29.9 Å². The fourth-order valence-corrected chi connectivity index (χ4v) is 1.74. The minimum Gasteiger partial charge on any atom is -0.352 e. The predicted molar refractivity (Wildman–Crippen MR) is 75.6 cm³/mol. The lowest BCUT2D eigenvalue weighted by Crippen LogP contribution is -2.17. The van der Waals surface area contributed by atoms with Gasteiger partial charge in [0.1, 0.15) is 23.3 Å². The van der Waals surface area contributed by atoms with Crippen LogP contribution in [0.5, 0.6) is 0 Å². The number of nitrogens with zero attached hydrogens (tertiary/aromatic N) is 6. The Morgan fingerprint density at radius 2 is 0.850 bits per heavy atom. The smallest absolute Gasteiger partial charge is 0.226 e. The monoisotopic (exact) mass is 274 g/mol. The van der Waals surface area contributed by atoms with Crippen molar-refractivity contribution in [3.63, 3.8) is 0 Å². The van der Waals surface area contributed by atoms with E-state index in [-0.39, 0.29) is 0 Å². The molecule has 0 aliphatic heterocycles. The average Bonchev–Trinajstić information content (AvgIpc) is 2.32. The largest absolute Gasteiger partial charge is 0.352 e. The van der Waals surface area contributed by atoms with Gasteiger partial charge >= 0.3 is 0 Å². The molecule has 2 aromatic rings. The van der Waals surface area contributed by atoms with Crippen LogP contribution in [0.15, 0.2) is 0 Å². The fraction of sp³-hybridized carbons (Fsp3) is 0.500. The van der Waals surface area contributed by atoms with E-state index in [2.05, 4.69) is 40.5 Å². The summed E-state index contributed by atoms with van der Waals surface area (Å²) < 4.78 is 0. The average molecular weight is 274 g/mol. The van der Waals surface area contributed by atoms with Gasteiger partial charge < -0.3 is 10.6 Å². The number of hydrogen-bond acceptors (Lipinski definition) is 8. The Kier molecular flexibility index (Phi) is 4.34. The van der Waals surface area contributed by atoms with Crippen LogP contribution >= 0.6 is 0 Å². The molecule has 0 aliphatic rings. The van der Waals surface area contributed by atoms with Gasteiger partial charge in [-0.1, -0.05) is 0 Å². The van der Waals surface area contributed by atoms with Crippen LogP contribution in [0, 0.1) is 27.7 Å². The van der Waals surface area contributed by atoms with E-state index in [1.807, 2.05) is 27.7 Å². The molecule has 2 heterocycles. The van der Waals surface area contributed by atoms with Gasteiger partial charge in [0.2, 0.25) is 11.9 Å². The summed E-state index contributed by atoms with van der Waals surface area (Å²) >= 11 is 0. The SMILES string of the molecule is Cc1nc(C)nc(NCCNc2nc(C)nc(C)n2)n1. The van der Waals surface area contributed by atoms with Crippen molar-refractivity contribution in [1.29, 1.82) is 0 Å². The van der Waals surface area contributed by atoms with E-state index in [0.29, 0.717) is 48.3 Å². The quantitative estimate of drug-likeness (QED) is 0.772. The lowest BCUT2D eigenvalue weighted by Gasteiger charge is -2.08. The standard InChI is InChI=1S/C12H18N8/c1-7-15-8(2)18-11(17-7)13-5-6-14-12-19-9(3)16-10(4)20-12/h5-6H2,1-4H3,(H,13,15,17,18)(H,14,16,19,20). The van der Waals surface area contributed by atoms with E-state index in [1.165, 1.54) is 0 Å². The second-order valence-electron chi connectivity index (χ2n) is 4.36. The molecule has 2 aromatic heterocycles. The molecule has 0 bridgehead atoms. The molecule has 0 atom stereocenters. The van der Waals surface area contributed by atoms with Crippen molar-refractivity contribution in [2.24, 2.45) is 0 Å². The highest BCUT2D eigenvalue weighted by atomic mass is 15.2. The molecule has 8 nitrogen and oxygen atoms in total. The van der Waals surface area contributed by atoms with Gasteiger partial charge in [-0.25, -0.2) is 9.97 Å². The highest BCUT2D eigenvalue weighted by Gasteiger charge is 2.01. The summed E-state index contributed by atoms with van der Waals surface area (Å²) in [7, 11) is 0. The van der Waals surface area contributed by atoms with Crippen LogP contribution in [0.3, 0.4) is 0 Å². The van der Waals surface area contributed by atoms with E-state index in [4.69, 9.17) is 0 Å². The minimum atomic E-state index is 0.583. The molecule has 8 heteroatoms. The molecule has 0 radical (unpaired) electrons. The summed E-state index contributed by atoms with van der Waals surface area (Å²) in [6, 6.07) is 0. The summed E-state index contributed by atoms with van der Waals surface area (Å²) in [5.74, 6) is 3.99. The Labute approximate surface area is 117 Å². The molecule has 20 heavy (non-hydrogen) atoms. The number of aromatic nitrogens is 6. The molecular formula is C12H18N8. The summed E-state index contributed by atoms with van der Waals surface area (Å²) in [5, 5.41) is 6.26. The third-order valence-corrected chi connectivity index (χ3v) is 2.41. The first-order chi connectivity index (χ1) is 9.52. The van der Waals surface area contributed by atoms with Gasteiger partial charge in [0.25, 0.3) is 0 Å². The molecule has 0 amide bonds. The molecule has 0 aromatic carbocycles. The van der Waals surface area contributed by atoms with Gasteiger partial charge in [-0.3, -0.25) is 0 Å². The first-order valence-corrected chi connectivity index (χ1v) is 6.39. The molecule has 0 fully saturated rings. The van der Waals surface area contributed by atoms with Crippen molar-refractivity contribution in [3.8, 4) is 0 Å². The van der Waals surface area contributed by atoms with Crippen molar-refractivity contribution >= 4 is 11.9 Å². The Bertz CT molecular complexity index is 504. The summed E-state index contributed by atoms with van der Waals surface area (Å²) in [5.41, 5.74) is 0. The lowest BCUT2D eigenvalue weighted by atomic mass is 10.5. The Balaban J connectivity index is 1.84. The zero-order chi connectivity index (χ0) is 14.5. The van der Waals surface area contributed by atoms with Crippen molar-refractivity contribution in [2.45, 2.75) is 27.7 Å². The summed E-state index contributed by atoms with van der Waals surface area (Å²) in [6.07, 6.45) is 0. The fourth-order valence-electron chi connectivity index (χ4n) is 1.74. The minimum absolute atomic E-state index is 0.583. The summed E-state index contributed by atoms with van der Waals surface area (Å²) in [4.78, 5) is 25.1. The Morgan fingerprint density at radius 3 is 1.15 bits per heavy atom. The molecule has 106 valence electrons. The predicted octanol–water partition coefficient (Wildman–Crippen LogP) is 0.814. The van der Waals surface area contributed by atoms with Crippen LogP contribution in [0.4, 0.5) is 11.9 Å². The molecule has 0 spiro atoms. The van der Waals surface area contributed by atoms with Gasteiger partial charge in [-0.2, -0.15) is 19.9 Å². The Morgan fingerprint density at radius 1 is 0.550 bits per heavy atom. The van der Waals surface area contributed by atoms with Crippen LogP contribution in [-0.2, 0) is 0 Å². The van der Waals surface area contributed by atoms with E-state index in [0.717, 1.165) is 0 Å². The van der Waals surface area contributed by atoms with Crippen molar-refractivity contribution < 1.29 is 0 Å². The topological polar surface area (TPSA) is 101 Å². The normalized spacial score (nSPS) is 10.4. The van der Waals surface area contributed by atoms with E-state index >= 15 is 0 Å². The van der Waals surface area contributed by atoms with Gasteiger partial charge in [0.05, 0.1) is 0 Å². The third-order valence-electron chi connectivity index (χ3n) is 2.41. The third kappa shape index (κ3) is 4.08. The van der Waals surface area contributed by atoms with E-state index in [9.17, 15) is 0 Å². The zero-order valence-corrected chi connectivity index (χ0v) is 12.1.